The van der Waals surface area contributed by atoms with Crippen LogP contribution in [0, 0.1) is 5.92 Å². The molecule has 1 heterocycles. The monoisotopic (exact) mass is 348 g/mol. The number of halogens is 3. The van der Waals surface area contributed by atoms with Gasteiger partial charge in [0.2, 0.25) is 5.91 Å². The Hall–Kier alpha value is -2.50. The van der Waals surface area contributed by atoms with Gasteiger partial charge in [-0.2, -0.15) is 13.2 Å². The molecule has 132 valence electrons. The molecule has 0 saturated carbocycles. The first-order valence-electron chi connectivity index (χ1n) is 8.14. The quantitative estimate of drug-likeness (QED) is 0.880. The number of hydrogen-bond acceptors (Lipinski definition) is 2. The highest BCUT2D eigenvalue weighted by molar-refractivity contribution is 5.78. The van der Waals surface area contributed by atoms with Gasteiger partial charge >= 0.3 is 6.18 Å². The van der Waals surface area contributed by atoms with E-state index < -0.39 is 11.7 Å². The number of carbonyl (C=O) groups is 1. The predicted octanol–water partition coefficient (Wildman–Crippen LogP) is 4.17. The molecule has 0 radical (unpaired) electrons. The number of alkyl halides is 3. The molecule has 2 aromatic rings. The van der Waals surface area contributed by atoms with Crippen molar-refractivity contribution in [1.82, 2.24) is 4.90 Å². The fourth-order valence-corrected chi connectivity index (χ4v) is 3.03. The van der Waals surface area contributed by atoms with Crippen molar-refractivity contribution in [3.63, 3.8) is 0 Å². The van der Waals surface area contributed by atoms with Crippen LogP contribution in [-0.4, -0.2) is 23.9 Å². The van der Waals surface area contributed by atoms with Gasteiger partial charge in [-0.05, 0) is 29.8 Å². The van der Waals surface area contributed by atoms with Gasteiger partial charge < -0.3 is 10.2 Å². The predicted molar refractivity (Wildman–Crippen MR) is 89.9 cm³/mol. The summed E-state index contributed by atoms with van der Waals surface area (Å²) in [6.07, 6.45) is -3.95. The van der Waals surface area contributed by atoms with Gasteiger partial charge in [0.15, 0.2) is 0 Å². The van der Waals surface area contributed by atoms with Crippen molar-refractivity contribution >= 4 is 11.6 Å². The molecular formula is C19H19F3N2O. The standard InChI is InChI=1S/C19H19F3N2O/c20-19(21,22)16-6-4-5-14(9-16)12-24-13-15(10-18(24)25)11-23-17-7-2-1-3-8-17/h1-9,15,23H,10-13H2/t15-/m1/s1. The normalized spacial score (nSPS) is 17.8. The van der Waals surface area contributed by atoms with Gasteiger partial charge in [0.25, 0.3) is 0 Å². The van der Waals surface area contributed by atoms with E-state index in [-0.39, 0.29) is 18.4 Å². The van der Waals surface area contributed by atoms with E-state index in [2.05, 4.69) is 5.32 Å². The Morgan fingerprint density at radius 1 is 1.08 bits per heavy atom. The van der Waals surface area contributed by atoms with Gasteiger partial charge in [-0.1, -0.05) is 30.3 Å². The van der Waals surface area contributed by atoms with Crippen LogP contribution >= 0.6 is 0 Å². The first kappa shape index (κ1) is 17.3. The third-order valence-electron chi connectivity index (χ3n) is 4.29. The van der Waals surface area contributed by atoms with E-state index in [0.29, 0.717) is 25.1 Å². The molecule has 1 aliphatic heterocycles. The minimum Gasteiger partial charge on any atom is -0.385 e. The fourth-order valence-electron chi connectivity index (χ4n) is 3.03. The number of para-hydroxylation sites is 1. The summed E-state index contributed by atoms with van der Waals surface area (Å²) in [6.45, 7) is 1.42. The van der Waals surface area contributed by atoms with Crippen molar-refractivity contribution in [3.8, 4) is 0 Å². The van der Waals surface area contributed by atoms with Gasteiger partial charge in [-0.3, -0.25) is 4.79 Å². The van der Waals surface area contributed by atoms with Crippen LogP contribution in [-0.2, 0) is 17.5 Å². The Morgan fingerprint density at radius 3 is 2.56 bits per heavy atom. The lowest BCUT2D eigenvalue weighted by Crippen LogP contribution is -2.25. The van der Waals surface area contributed by atoms with Crippen LogP contribution in [0.25, 0.3) is 0 Å². The van der Waals surface area contributed by atoms with E-state index in [1.165, 1.54) is 6.07 Å². The first-order chi connectivity index (χ1) is 11.9. The van der Waals surface area contributed by atoms with Crippen molar-refractivity contribution in [3.05, 3.63) is 65.7 Å². The molecule has 1 amide bonds. The Labute approximate surface area is 144 Å². The van der Waals surface area contributed by atoms with E-state index in [1.807, 2.05) is 30.3 Å². The SMILES string of the molecule is O=C1C[C@H](CNc2ccccc2)CN1Cc1cccc(C(F)(F)F)c1. The Balaban J connectivity index is 1.58. The summed E-state index contributed by atoms with van der Waals surface area (Å²) in [5.74, 6) is 0.135. The van der Waals surface area contributed by atoms with Crippen molar-refractivity contribution in [2.24, 2.45) is 5.92 Å². The summed E-state index contributed by atoms with van der Waals surface area (Å²) in [4.78, 5) is 13.8. The molecule has 0 unspecified atom stereocenters. The lowest BCUT2D eigenvalue weighted by molar-refractivity contribution is -0.137. The minimum atomic E-state index is -4.37. The molecule has 3 rings (SSSR count). The Morgan fingerprint density at radius 2 is 1.84 bits per heavy atom. The molecule has 25 heavy (non-hydrogen) atoms. The number of benzene rings is 2. The average molecular weight is 348 g/mol. The average Bonchev–Trinajstić information content (AvgIpc) is 2.93. The largest absolute Gasteiger partial charge is 0.416 e. The van der Waals surface area contributed by atoms with E-state index in [0.717, 1.165) is 17.8 Å². The molecule has 6 heteroatoms. The summed E-state index contributed by atoms with van der Waals surface area (Å²) in [7, 11) is 0. The topological polar surface area (TPSA) is 32.3 Å². The molecule has 3 nitrogen and oxygen atoms in total. The number of rotatable bonds is 5. The third-order valence-corrected chi connectivity index (χ3v) is 4.29. The van der Waals surface area contributed by atoms with Gasteiger partial charge in [0.1, 0.15) is 0 Å². The van der Waals surface area contributed by atoms with Crippen LogP contribution in [0.2, 0.25) is 0 Å². The summed E-state index contributed by atoms with van der Waals surface area (Å²) < 4.78 is 38.4. The highest BCUT2D eigenvalue weighted by Crippen LogP contribution is 2.30. The summed E-state index contributed by atoms with van der Waals surface area (Å²) in [5, 5.41) is 3.29. The maximum absolute atomic E-state index is 12.8. The number of carbonyl (C=O) groups excluding carboxylic acids is 1. The van der Waals surface area contributed by atoms with Crippen molar-refractivity contribution in [2.75, 3.05) is 18.4 Å². The maximum atomic E-state index is 12.8. The number of nitrogens with one attached hydrogen (secondary N) is 1. The molecule has 1 N–H and O–H groups in total. The smallest absolute Gasteiger partial charge is 0.385 e. The van der Waals surface area contributed by atoms with Gasteiger partial charge in [-0.15, -0.1) is 0 Å². The van der Waals surface area contributed by atoms with Crippen LogP contribution in [0.1, 0.15) is 17.5 Å². The number of hydrogen-bond donors (Lipinski definition) is 1. The zero-order valence-electron chi connectivity index (χ0n) is 13.6. The molecule has 1 fully saturated rings. The molecule has 1 saturated heterocycles. The highest BCUT2D eigenvalue weighted by Gasteiger charge is 2.32. The third kappa shape index (κ3) is 4.53. The van der Waals surface area contributed by atoms with E-state index in [9.17, 15) is 18.0 Å². The highest BCUT2D eigenvalue weighted by atomic mass is 19.4. The molecule has 0 aliphatic carbocycles. The first-order valence-corrected chi connectivity index (χ1v) is 8.14. The number of anilines is 1. The summed E-state index contributed by atoms with van der Waals surface area (Å²) in [6, 6.07) is 14.9. The van der Waals surface area contributed by atoms with E-state index in [4.69, 9.17) is 0 Å². The number of amides is 1. The molecular weight excluding hydrogens is 329 g/mol. The van der Waals surface area contributed by atoms with Crippen LogP contribution in [0.15, 0.2) is 54.6 Å². The molecule has 1 atom stereocenters. The lowest BCUT2D eigenvalue weighted by atomic mass is 10.1. The molecule has 1 aliphatic rings. The van der Waals surface area contributed by atoms with Gasteiger partial charge in [-0.25, -0.2) is 0 Å². The Bertz CT molecular complexity index is 731. The molecule has 0 spiro atoms. The van der Waals surface area contributed by atoms with Crippen LogP contribution in [0.5, 0.6) is 0 Å². The second-order valence-electron chi connectivity index (χ2n) is 6.29. The van der Waals surface area contributed by atoms with Crippen molar-refractivity contribution < 1.29 is 18.0 Å². The van der Waals surface area contributed by atoms with Crippen molar-refractivity contribution in [1.29, 1.82) is 0 Å². The zero-order valence-corrected chi connectivity index (χ0v) is 13.6. The molecule has 0 aromatic heterocycles. The molecule has 0 bridgehead atoms. The number of likely N-dealkylation sites (tertiary alicyclic amines) is 1. The summed E-state index contributed by atoms with van der Waals surface area (Å²) >= 11 is 0. The number of nitrogens with zero attached hydrogens (tertiary/aromatic N) is 1. The second-order valence-corrected chi connectivity index (χ2v) is 6.29. The fraction of sp³-hybridized carbons (Fsp3) is 0.316. The lowest BCUT2D eigenvalue weighted by Gasteiger charge is -2.18. The minimum absolute atomic E-state index is 0.0164. The van der Waals surface area contributed by atoms with E-state index >= 15 is 0 Å². The second kappa shape index (κ2) is 7.17. The molecule has 2 aromatic carbocycles. The Kier molecular flexibility index (Phi) is 4.97. The van der Waals surface area contributed by atoms with Crippen molar-refractivity contribution in [2.45, 2.75) is 19.1 Å². The van der Waals surface area contributed by atoms with Gasteiger partial charge in [0.05, 0.1) is 5.56 Å². The summed E-state index contributed by atoms with van der Waals surface area (Å²) in [5.41, 5.74) is 0.810. The maximum Gasteiger partial charge on any atom is 0.416 e. The van der Waals surface area contributed by atoms with Crippen LogP contribution in [0.3, 0.4) is 0 Å². The van der Waals surface area contributed by atoms with Crippen LogP contribution < -0.4 is 5.32 Å². The van der Waals surface area contributed by atoms with Crippen LogP contribution in [0.4, 0.5) is 18.9 Å². The van der Waals surface area contributed by atoms with E-state index in [1.54, 1.807) is 11.0 Å². The van der Waals surface area contributed by atoms with Gasteiger partial charge in [0, 0.05) is 37.7 Å². The zero-order chi connectivity index (χ0) is 17.9.